The van der Waals surface area contributed by atoms with Gasteiger partial charge in [0.2, 0.25) is 0 Å². The molecule has 4 fully saturated rings. The Labute approximate surface area is 192 Å². The predicted molar refractivity (Wildman–Crippen MR) is 124 cm³/mol. The van der Waals surface area contributed by atoms with Crippen LogP contribution in [0.3, 0.4) is 0 Å². The van der Waals surface area contributed by atoms with Gasteiger partial charge in [-0.3, -0.25) is 0 Å². The molecule has 1 aliphatic heterocycles. The average Bonchev–Trinajstić information content (AvgIpc) is 3.36. The highest BCUT2D eigenvalue weighted by Gasteiger charge is 2.74. The molecule has 0 aromatic heterocycles. The monoisotopic (exact) mass is 437 g/mol. The largest absolute Gasteiger partial charge is 0.497 e. The molecule has 13 atom stereocenters. The number of hydrogen-bond donors (Lipinski definition) is 2. The van der Waals surface area contributed by atoms with Crippen LogP contribution in [0.4, 0.5) is 0 Å². The van der Waals surface area contributed by atoms with Crippen LogP contribution in [0.25, 0.3) is 0 Å². The molecule has 4 heteroatoms. The molecule has 32 heavy (non-hydrogen) atoms. The Morgan fingerprint density at radius 2 is 2.03 bits per heavy atom. The van der Waals surface area contributed by atoms with Crippen molar-refractivity contribution in [2.45, 2.75) is 70.1 Å². The molecule has 3 N–H and O–H groups in total. The number of carbonyl (C=O) groups is 1. The number of carbonyl (C=O) groups excluding carboxylic acids is 1. The Bertz CT molecular complexity index is 850. The zero-order valence-corrected chi connectivity index (χ0v) is 19.3. The number of aliphatic hydroxyl groups excluding tert-OH is 1. The molecular weight excluding hydrogens is 398 g/mol. The number of rotatable bonds is 3. The minimum absolute atomic E-state index is 0.0415. The molecule has 174 valence electrons. The van der Waals surface area contributed by atoms with Crippen LogP contribution in [-0.2, 0) is 9.53 Å². The molecule has 6 aliphatic rings. The molecule has 0 saturated heterocycles. The van der Waals surface area contributed by atoms with E-state index in [1.54, 1.807) is 12.3 Å². The second kappa shape index (κ2) is 7.56. The third-order valence-corrected chi connectivity index (χ3v) is 10.8. The number of ether oxygens (including phenoxy) is 1. The lowest BCUT2D eigenvalue weighted by Crippen LogP contribution is -2.50. The van der Waals surface area contributed by atoms with E-state index in [2.05, 4.69) is 25.7 Å². The molecule has 4 saturated carbocycles. The lowest BCUT2D eigenvalue weighted by Gasteiger charge is -2.48. The maximum absolute atomic E-state index is 12.2. The van der Waals surface area contributed by atoms with Crippen LogP contribution in [-0.4, -0.2) is 29.6 Å². The lowest BCUT2D eigenvalue weighted by atomic mass is 9.60. The fourth-order valence-electron chi connectivity index (χ4n) is 9.60. The average molecular weight is 438 g/mol. The summed E-state index contributed by atoms with van der Waals surface area (Å²) in [6, 6.07) is -0.366. The van der Waals surface area contributed by atoms with Crippen molar-refractivity contribution in [3.8, 4) is 0 Å². The Morgan fingerprint density at radius 1 is 1.19 bits per heavy atom. The zero-order chi connectivity index (χ0) is 22.2. The third kappa shape index (κ3) is 2.84. The van der Waals surface area contributed by atoms with Gasteiger partial charge in [0.05, 0.1) is 18.4 Å². The summed E-state index contributed by atoms with van der Waals surface area (Å²) in [4.78, 5) is 12.2. The fourth-order valence-corrected chi connectivity index (χ4v) is 9.60. The van der Waals surface area contributed by atoms with Gasteiger partial charge in [-0.2, -0.15) is 0 Å². The second-order valence-electron chi connectivity index (χ2n) is 12.1. The van der Waals surface area contributed by atoms with Gasteiger partial charge in [0.1, 0.15) is 12.4 Å². The van der Waals surface area contributed by atoms with Crippen molar-refractivity contribution in [1.29, 1.82) is 0 Å². The fraction of sp³-hybridized carbons (Fsp3) is 0.750. The van der Waals surface area contributed by atoms with Crippen molar-refractivity contribution in [2.75, 3.05) is 0 Å². The number of fused-ring (bicyclic) bond motifs is 6. The Morgan fingerprint density at radius 3 is 2.84 bits per heavy atom. The normalized spacial score (nSPS) is 54.3. The molecule has 6 rings (SSSR count). The minimum Gasteiger partial charge on any atom is -0.497 e. The van der Waals surface area contributed by atoms with Gasteiger partial charge in [-0.05, 0) is 92.4 Å². The van der Waals surface area contributed by atoms with Gasteiger partial charge in [-0.25, -0.2) is 0 Å². The summed E-state index contributed by atoms with van der Waals surface area (Å²) in [5.41, 5.74) is 8.16. The van der Waals surface area contributed by atoms with E-state index >= 15 is 0 Å². The second-order valence-corrected chi connectivity index (χ2v) is 12.1. The Balaban J connectivity index is 1.32. The zero-order valence-electron chi connectivity index (χ0n) is 19.3. The molecule has 4 nitrogen and oxygen atoms in total. The maximum atomic E-state index is 12.2. The maximum Gasteiger partial charge on any atom is 0.137 e. The summed E-state index contributed by atoms with van der Waals surface area (Å²) in [6.07, 6.45) is 16.8. The third-order valence-electron chi connectivity index (χ3n) is 10.8. The first-order valence-electron chi connectivity index (χ1n) is 13.0. The molecule has 0 spiro atoms. The van der Waals surface area contributed by atoms with Crippen molar-refractivity contribution < 1.29 is 14.6 Å². The van der Waals surface area contributed by atoms with E-state index < -0.39 is 6.10 Å². The molecule has 0 bridgehead atoms. The van der Waals surface area contributed by atoms with Gasteiger partial charge in [-0.1, -0.05) is 31.2 Å². The van der Waals surface area contributed by atoms with Crippen LogP contribution < -0.4 is 5.73 Å². The van der Waals surface area contributed by atoms with Gasteiger partial charge in [0, 0.05) is 17.3 Å². The summed E-state index contributed by atoms with van der Waals surface area (Å²) in [5, 5.41) is 10.5. The number of aliphatic hydroxyl groups is 1. The van der Waals surface area contributed by atoms with E-state index in [1.165, 1.54) is 18.4 Å². The highest BCUT2D eigenvalue weighted by molar-refractivity contribution is 5.61. The van der Waals surface area contributed by atoms with Gasteiger partial charge >= 0.3 is 0 Å². The first-order valence-corrected chi connectivity index (χ1v) is 13.0. The first-order chi connectivity index (χ1) is 15.5. The minimum atomic E-state index is -0.462. The van der Waals surface area contributed by atoms with E-state index in [9.17, 15) is 9.90 Å². The molecule has 0 aromatic rings. The van der Waals surface area contributed by atoms with Crippen molar-refractivity contribution in [2.24, 2.45) is 64.4 Å². The van der Waals surface area contributed by atoms with Gasteiger partial charge in [0.25, 0.3) is 0 Å². The predicted octanol–water partition coefficient (Wildman–Crippen LogP) is 4.25. The quantitative estimate of drug-likeness (QED) is 0.511. The smallest absolute Gasteiger partial charge is 0.137 e. The molecule has 5 aliphatic carbocycles. The Kier molecular flexibility index (Phi) is 5.00. The summed E-state index contributed by atoms with van der Waals surface area (Å²) in [6.45, 7) is 6.87. The topological polar surface area (TPSA) is 72.6 Å². The summed E-state index contributed by atoms with van der Waals surface area (Å²) < 4.78 is 6.12. The standard InChI is InChI=1S/C28H39NO3/c1-15-11-20-16(2)3-8-23-26(22(20)12-15)28(23,25(29)14-30)18-6-4-17-5-7-19-24(31)9-10-32-27(19)21(17)13-18/h5,7,9-10,14-15,17-27,31H,2-4,6,8,11-13,29H2,1H3. The van der Waals surface area contributed by atoms with E-state index in [0.717, 1.165) is 44.3 Å². The molecule has 0 aromatic carbocycles. The number of aldehydes is 1. The van der Waals surface area contributed by atoms with E-state index in [1.807, 2.05) is 0 Å². The Hall–Kier alpha value is -1.39. The lowest BCUT2D eigenvalue weighted by molar-refractivity contribution is -0.112. The summed E-state index contributed by atoms with van der Waals surface area (Å²) >= 11 is 0. The van der Waals surface area contributed by atoms with Crippen molar-refractivity contribution in [3.05, 3.63) is 36.6 Å². The van der Waals surface area contributed by atoms with Crippen LogP contribution >= 0.6 is 0 Å². The van der Waals surface area contributed by atoms with Gasteiger partial charge in [0.15, 0.2) is 0 Å². The SMILES string of the molecule is C=C1CCC2C(C3CC(C)CC13)C2(C(N)C=O)C1CCC2C=CC3C(O)C=COC3C2C1. The highest BCUT2D eigenvalue weighted by Crippen LogP contribution is 2.76. The molecule has 0 amide bonds. The van der Waals surface area contributed by atoms with Crippen molar-refractivity contribution in [3.63, 3.8) is 0 Å². The summed E-state index contributed by atoms with van der Waals surface area (Å²) in [5.74, 6) is 4.60. The van der Waals surface area contributed by atoms with Gasteiger partial charge in [-0.15, -0.1) is 0 Å². The molecular formula is C28H39NO3. The van der Waals surface area contributed by atoms with Crippen LogP contribution in [0.1, 0.15) is 51.9 Å². The van der Waals surface area contributed by atoms with Crippen molar-refractivity contribution >= 4 is 6.29 Å². The first kappa shape index (κ1) is 21.2. The van der Waals surface area contributed by atoms with Crippen molar-refractivity contribution in [1.82, 2.24) is 0 Å². The summed E-state index contributed by atoms with van der Waals surface area (Å²) in [7, 11) is 0. The van der Waals surface area contributed by atoms with Crippen LogP contribution in [0, 0.1) is 58.7 Å². The molecule has 0 radical (unpaired) electrons. The van der Waals surface area contributed by atoms with E-state index in [-0.39, 0.29) is 23.5 Å². The molecule has 1 heterocycles. The number of allylic oxidation sites excluding steroid dienone is 2. The highest BCUT2D eigenvalue weighted by atomic mass is 16.5. The number of hydrogen-bond acceptors (Lipinski definition) is 4. The van der Waals surface area contributed by atoms with Gasteiger partial charge < -0.3 is 20.4 Å². The van der Waals surface area contributed by atoms with Crippen LogP contribution in [0.5, 0.6) is 0 Å². The van der Waals surface area contributed by atoms with Crippen LogP contribution in [0.2, 0.25) is 0 Å². The van der Waals surface area contributed by atoms with E-state index in [4.69, 9.17) is 10.5 Å². The molecule has 13 unspecified atom stereocenters. The van der Waals surface area contributed by atoms with Crippen LogP contribution in [0.15, 0.2) is 36.6 Å². The van der Waals surface area contributed by atoms with E-state index in [0.29, 0.717) is 41.4 Å². The number of nitrogens with two attached hydrogens (primary N) is 1.